The van der Waals surface area contributed by atoms with Crippen molar-refractivity contribution in [2.45, 2.75) is 30.4 Å². The van der Waals surface area contributed by atoms with Crippen molar-refractivity contribution in [3.05, 3.63) is 158 Å². The maximum absolute atomic E-state index is 15.5. The monoisotopic (exact) mass is 914 g/mol. The van der Waals surface area contributed by atoms with Crippen LogP contribution in [0.25, 0.3) is 0 Å². The van der Waals surface area contributed by atoms with Gasteiger partial charge in [-0.2, -0.15) is 18.2 Å². The van der Waals surface area contributed by atoms with Crippen molar-refractivity contribution in [3.8, 4) is 11.5 Å². The Morgan fingerprint density at radius 3 is 2.19 bits per heavy atom. The molecule has 0 radical (unpaired) electrons. The van der Waals surface area contributed by atoms with E-state index in [0.717, 1.165) is 4.90 Å². The number of aromatic nitrogens is 1. The summed E-state index contributed by atoms with van der Waals surface area (Å²) in [6.07, 6.45) is -2.54. The lowest BCUT2D eigenvalue weighted by Crippen LogP contribution is -2.53. The fourth-order valence-electron chi connectivity index (χ4n) is 9.85. The molecule has 2 aliphatic carbocycles. The number of carbonyl (C=O) groups excluding carboxylic acids is 5. The number of carbonyl (C=O) groups is 5. The summed E-state index contributed by atoms with van der Waals surface area (Å²) in [6, 6.07) is 24.5. The van der Waals surface area contributed by atoms with E-state index in [-0.39, 0.29) is 35.1 Å². The molecule has 17 heteroatoms. The molecular formula is C46H32Cl3F3N4O7. The standard InChI is InChI=1S/C46H32Cl3F3N4O7/c1-63-35-18-24(17-33(48)39(35)58)37-29-15-16-30-36(43(61)55(41(30)59)28-13-7-23(8-14-28)38(57)22-5-3-2-4-6-22)31(29)20-32-42(60)56(44(62)45(32,37)25-9-11-27(47)12-10-25)54-40-34(49)19-26(21-53-40)46(50,51)52/h2-15,17-19,21,30-32,36-37,58H,16,20H2,1H3,(H,53,54)/t30-,31+,32-,36-,37-,45+/m0/s1. The third-order valence-electron chi connectivity index (χ3n) is 12.6. The Balaban J connectivity index is 1.17. The lowest BCUT2D eigenvalue weighted by atomic mass is 9.49. The number of halogens is 6. The van der Waals surface area contributed by atoms with Crippen LogP contribution in [-0.4, -0.2) is 51.6 Å². The van der Waals surface area contributed by atoms with E-state index in [0.29, 0.717) is 50.1 Å². The van der Waals surface area contributed by atoms with Crippen LogP contribution >= 0.6 is 34.8 Å². The zero-order valence-corrected chi connectivity index (χ0v) is 35.0. The van der Waals surface area contributed by atoms with Crippen molar-refractivity contribution in [3.63, 3.8) is 0 Å². The van der Waals surface area contributed by atoms with Gasteiger partial charge in [-0.05, 0) is 84.5 Å². The molecule has 1 saturated carbocycles. The van der Waals surface area contributed by atoms with Crippen molar-refractivity contribution in [2.24, 2.45) is 23.7 Å². The van der Waals surface area contributed by atoms with Gasteiger partial charge in [0, 0.05) is 28.3 Å². The van der Waals surface area contributed by atoms with Crippen LogP contribution in [0.2, 0.25) is 15.1 Å². The van der Waals surface area contributed by atoms with Crippen LogP contribution in [0.1, 0.15) is 51.4 Å². The number of anilines is 2. The summed E-state index contributed by atoms with van der Waals surface area (Å²) in [4.78, 5) is 77.7. The molecule has 4 aliphatic rings. The van der Waals surface area contributed by atoms with Crippen molar-refractivity contribution >= 4 is 75.7 Å². The molecule has 2 saturated heterocycles. The first-order valence-corrected chi connectivity index (χ1v) is 20.7. The summed E-state index contributed by atoms with van der Waals surface area (Å²) in [6.45, 7) is 0. The molecule has 0 spiro atoms. The van der Waals surface area contributed by atoms with Gasteiger partial charge >= 0.3 is 6.18 Å². The number of alkyl halides is 3. The molecule has 3 fully saturated rings. The fraction of sp³-hybridized carbons (Fsp3) is 0.217. The molecule has 63 heavy (non-hydrogen) atoms. The highest BCUT2D eigenvalue weighted by Gasteiger charge is 2.70. The molecule has 2 N–H and O–H groups in total. The first kappa shape index (κ1) is 42.1. The first-order valence-electron chi connectivity index (χ1n) is 19.5. The number of pyridine rings is 1. The number of nitrogens with one attached hydrogen (secondary N) is 1. The van der Waals surface area contributed by atoms with Gasteiger partial charge in [0.15, 0.2) is 23.1 Å². The third-order valence-corrected chi connectivity index (χ3v) is 13.4. The summed E-state index contributed by atoms with van der Waals surface area (Å²) in [7, 11) is 1.30. The van der Waals surface area contributed by atoms with Gasteiger partial charge in [-0.15, -0.1) is 0 Å². The highest BCUT2D eigenvalue weighted by atomic mass is 35.5. The number of ether oxygens (including phenoxy) is 1. The molecule has 11 nitrogen and oxygen atoms in total. The zero-order chi connectivity index (χ0) is 44.7. The van der Waals surface area contributed by atoms with Crippen LogP contribution < -0.4 is 15.1 Å². The van der Waals surface area contributed by atoms with Crippen LogP contribution in [-0.2, 0) is 30.8 Å². The minimum Gasteiger partial charge on any atom is -0.503 e. The number of benzene rings is 4. The molecule has 5 aromatic rings. The second-order valence-corrected chi connectivity index (χ2v) is 17.0. The number of hydrazine groups is 1. The smallest absolute Gasteiger partial charge is 0.417 e. The van der Waals surface area contributed by atoms with Gasteiger partial charge in [0.25, 0.3) is 11.8 Å². The molecule has 4 aromatic carbocycles. The Kier molecular flexibility index (Phi) is 10.4. The van der Waals surface area contributed by atoms with Gasteiger partial charge in [0.05, 0.1) is 51.6 Å². The van der Waals surface area contributed by atoms with Crippen LogP contribution in [0.15, 0.2) is 115 Å². The second-order valence-electron chi connectivity index (χ2n) is 15.7. The van der Waals surface area contributed by atoms with E-state index in [1.165, 1.54) is 43.5 Å². The number of phenols is 1. The van der Waals surface area contributed by atoms with E-state index in [1.807, 2.05) is 0 Å². The fourth-order valence-corrected chi connectivity index (χ4v) is 10.4. The van der Waals surface area contributed by atoms with E-state index >= 15 is 9.59 Å². The summed E-state index contributed by atoms with van der Waals surface area (Å²) < 4.78 is 46.2. The molecule has 320 valence electrons. The van der Waals surface area contributed by atoms with E-state index in [1.54, 1.807) is 60.7 Å². The van der Waals surface area contributed by atoms with Gasteiger partial charge in [0.2, 0.25) is 11.8 Å². The SMILES string of the molecule is COc1cc([C@H]2C3=CC[C@@H]4C(=O)N(c5ccc(C(=O)c6ccccc6)cc5)C(=O)[C@@H]4[C@@H]3C[C@H]3C(=O)N(Nc4ncc(C(F)(F)F)cc4Cl)C(=O)[C@@]23c2ccc(Cl)cc2)cc(Cl)c1O. The number of methoxy groups -OCH3 is 1. The Bertz CT molecular complexity index is 2790. The average Bonchev–Trinajstić information content (AvgIpc) is 3.65. The number of phenolic OH excluding ortho intramolecular Hbond substituents is 1. The number of nitrogens with zero attached hydrogens (tertiary/aromatic N) is 3. The Labute approximate surface area is 372 Å². The van der Waals surface area contributed by atoms with Crippen LogP contribution in [0.5, 0.6) is 11.5 Å². The second kappa shape index (κ2) is 15.5. The van der Waals surface area contributed by atoms with Gasteiger partial charge in [-0.1, -0.05) is 88.9 Å². The summed E-state index contributed by atoms with van der Waals surface area (Å²) in [5, 5.41) is 11.2. The highest BCUT2D eigenvalue weighted by Crippen LogP contribution is 2.65. The van der Waals surface area contributed by atoms with Crippen molar-refractivity contribution < 1.29 is 47.0 Å². The molecule has 6 atom stereocenters. The predicted octanol–water partition coefficient (Wildman–Crippen LogP) is 9.20. The summed E-state index contributed by atoms with van der Waals surface area (Å²) in [5.41, 5.74) is 1.79. The maximum Gasteiger partial charge on any atom is 0.417 e. The number of aromatic hydroxyl groups is 1. The number of fused-ring (bicyclic) bond motifs is 4. The van der Waals surface area contributed by atoms with Gasteiger partial charge in [-0.3, -0.25) is 34.3 Å². The Hall–Kier alpha value is -6.22. The molecule has 2 aliphatic heterocycles. The van der Waals surface area contributed by atoms with Crippen LogP contribution in [0, 0.1) is 23.7 Å². The topological polar surface area (TPSA) is 146 Å². The van der Waals surface area contributed by atoms with Crippen molar-refractivity contribution in [1.82, 2.24) is 9.99 Å². The largest absolute Gasteiger partial charge is 0.503 e. The molecule has 4 amide bonds. The van der Waals surface area contributed by atoms with E-state index in [2.05, 4.69) is 10.4 Å². The van der Waals surface area contributed by atoms with E-state index < -0.39 is 87.0 Å². The minimum atomic E-state index is -4.79. The lowest BCUT2D eigenvalue weighted by molar-refractivity contribution is -0.139. The third kappa shape index (κ3) is 6.65. The molecule has 9 rings (SSSR count). The van der Waals surface area contributed by atoms with Gasteiger partial charge in [0.1, 0.15) is 0 Å². The summed E-state index contributed by atoms with van der Waals surface area (Å²) >= 11 is 19.3. The number of ketones is 1. The normalized spacial score (nSPS) is 24.2. The predicted molar refractivity (Wildman–Crippen MR) is 225 cm³/mol. The average molecular weight is 916 g/mol. The zero-order valence-electron chi connectivity index (χ0n) is 32.7. The van der Waals surface area contributed by atoms with Crippen LogP contribution in [0.3, 0.4) is 0 Å². The molecule has 0 bridgehead atoms. The maximum atomic E-state index is 15.5. The number of amides is 4. The van der Waals surface area contributed by atoms with Gasteiger partial charge in [-0.25, -0.2) is 4.98 Å². The summed E-state index contributed by atoms with van der Waals surface area (Å²) in [5.74, 6) is -8.94. The molecule has 0 unspecified atom stereocenters. The van der Waals surface area contributed by atoms with Crippen molar-refractivity contribution in [2.75, 3.05) is 17.4 Å². The number of hydrogen-bond acceptors (Lipinski definition) is 9. The molecule has 1 aromatic heterocycles. The van der Waals surface area contributed by atoms with E-state index in [4.69, 9.17) is 39.5 Å². The number of allylic oxidation sites excluding steroid dienone is 2. The number of hydrogen-bond donors (Lipinski definition) is 2. The number of imide groups is 2. The highest BCUT2D eigenvalue weighted by molar-refractivity contribution is 6.33. The minimum absolute atomic E-state index is 0.0586. The molecule has 3 heterocycles. The lowest BCUT2D eigenvalue weighted by Gasteiger charge is -2.50. The molecular weight excluding hydrogens is 884 g/mol. The van der Waals surface area contributed by atoms with Crippen molar-refractivity contribution in [1.29, 1.82) is 0 Å². The Morgan fingerprint density at radius 2 is 1.54 bits per heavy atom. The Morgan fingerprint density at radius 1 is 0.857 bits per heavy atom. The number of rotatable bonds is 8. The first-order chi connectivity index (χ1) is 30.1. The van der Waals surface area contributed by atoms with Crippen LogP contribution in [0.4, 0.5) is 24.7 Å². The van der Waals surface area contributed by atoms with Gasteiger partial charge < -0.3 is 9.84 Å². The van der Waals surface area contributed by atoms with E-state index in [9.17, 15) is 32.7 Å². The quantitative estimate of drug-likeness (QED) is 0.0884.